The van der Waals surface area contributed by atoms with E-state index in [0.717, 1.165) is 16.8 Å². The molecule has 3 aromatic rings. The molecule has 1 aromatic heterocycles. The van der Waals surface area contributed by atoms with Crippen molar-refractivity contribution in [1.29, 1.82) is 0 Å². The minimum atomic E-state index is -4.49. The molecule has 140 valence electrons. The van der Waals surface area contributed by atoms with Crippen LogP contribution in [0.25, 0.3) is 10.8 Å². The number of alkyl halides is 3. The number of hydrogen-bond acceptors (Lipinski definition) is 3. The summed E-state index contributed by atoms with van der Waals surface area (Å²) in [5, 5.41) is 9.92. The summed E-state index contributed by atoms with van der Waals surface area (Å²) in [4.78, 5) is 15.6. The molecule has 0 saturated heterocycles. The maximum atomic E-state index is 12.9. The number of nitrogens with one attached hydrogen (secondary N) is 3. The molecule has 0 bridgehead atoms. The molecule has 2 amide bonds. The van der Waals surface area contributed by atoms with Gasteiger partial charge in [-0.15, -0.1) is 0 Å². The Balaban J connectivity index is 1.50. The van der Waals surface area contributed by atoms with Crippen LogP contribution >= 0.6 is 0 Å². The van der Waals surface area contributed by atoms with Gasteiger partial charge in [-0.1, -0.05) is 30.3 Å². The molecule has 0 unspecified atom stereocenters. The molecule has 0 aliphatic heterocycles. The Kier molecular flexibility index (Phi) is 5.44. The van der Waals surface area contributed by atoms with Crippen LogP contribution < -0.4 is 16.0 Å². The summed E-state index contributed by atoms with van der Waals surface area (Å²) in [6, 6.07) is 15.0. The third-order valence-corrected chi connectivity index (χ3v) is 3.82. The number of hydrogen-bond donors (Lipinski definition) is 3. The number of anilines is 2. The Hall–Kier alpha value is -3.29. The lowest BCUT2D eigenvalue weighted by Gasteiger charge is -2.13. The number of nitrogens with zero attached hydrogens (tertiary/aromatic N) is 1. The number of carbonyl (C=O) groups excluding carboxylic acids is 1. The van der Waals surface area contributed by atoms with E-state index in [9.17, 15) is 18.0 Å². The van der Waals surface area contributed by atoms with Crippen molar-refractivity contribution in [3.8, 4) is 0 Å². The molecule has 3 N–H and O–H groups in total. The molecule has 8 heteroatoms. The van der Waals surface area contributed by atoms with Crippen LogP contribution in [0.3, 0.4) is 0 Å². The topological polar surface area (TPSA) is 66.0 Å². The highest BCUT2D eigenvalue weighted by Crippen LogP contribution is 2.33. The smallest absolute Gasteiger partial charge is 0.368 e. The van der Waals surface area contributed by atoms with Crippen LogP contribution in [0.4, 0.5) is 29.5 Å². The average Bonchev–Trinajstić information content (AvgIpc) is 2.65. The van der Waals surface area contributed by atoms with Crippen LogP contribution in [0.15, 0.2) is 60.8 Å². The molecule has 1 heterocycles. The lowest BCUT2D eigenvalue weighted by molar-refractivity contribution is -0.137. The van der Waals surface area contributed by atoms with Crippen molar-refractivity contribution in [2.75, 3.05) is 23.7 Å². The number of carbonyl (C=O) groups is 1. The van der Waals surface area contributed by atoms with Gasteiger partial charge in [-0.25, -0.2) is 9.78 Å². The van der Waals surface area contributed by atoms with Gasteiger partial charge in [0.2, 0.25) is 0 Å². The van der Waals surface area contributed by atoms with Gasteiger partial charge >= 0.3 is 12.2 Å². The first kappa shape index (κ1) is 18.5. The van der Waals surface area contributed by atoms with Gasteiger partial charge in [0.15, 0.2) is 0 Å². The first-order valence-electron chi connectivity index (χ1n) is 8.23. The maximum Gasteiger partial charge on any atom is 0.419 e. The minimum Gasteiger partial charge on any atom is -0.368 e. The molecule has 3 rings (SSSR count). The zero-order valence-electron chi connectivity index (χ0n) is 14.2. The summed E-state index contributed by atoms with van der Waals surface area (Å²) in [5.74, 6) is -0.262. The highest BCUT2D eigenvalue weighted by atomic mass is 19.4. The Labute approximate surface area is 153 Å². The van der Waals surface area contributed by atoms with Gasteiger partial charge in [0.1, 0.15) is 5.82 Å². The molecular formula is C19H17F3N4O. The standard InChI is InChI=1S/C19H17F3N4O/c20-19(21,22)16-6-3-9-23-17(16)24-10-11-25-18(27)26-15-8-7-13-4-1-2-5-14(13)12-15/h1-9,12H,10-11H2,(H,23,24)(H2,25,26,27). The molecule has 0 radical (unpaired) electrons. The number of fused-ring (bicyclic) bond motifs is 1. The SMILES string of the molecule is O=C(NCCNc1ncccc1C(F)(F)F)Nc1ccc2ccccc2c1. The summed E-state index contributed by atoms with van der Waals surface area (Å²) < 4.78 is 38.6. The lowest BCUT2D eigenvalue weighted by atomic mass is 10.1. The zero-order chi connectivity index (χ0) is 19.3. The van der Waals surface area contributed by atoms with E-state index in [0.29, 0.717) is 5.69 Å². The van der Waals surface area contributed by atoms with E-state index in [1.54, 1.807) is 6.07 Å². The van der Waals surface area contributed by atoms with E-state index in [1.807, 2.05) is 36.4 Å². The summed E-state index contributed by atoms with van der Waals surface area (Å²) in [7, 11) is 0. The molecule has 0 aliphatic carbocycles. The van der Waals surface area contributed by atoms with E-state index in [2.05, 4.69) is 20.9 Å². The van der Waals surface area contributed by atoms with Crippen molar-refractivity contribution in [3.63, 3.8) is 0 Å². The Bertz CT molecular complexity index is 943. The number of urea groups is 1. The summed E-state index contributed by atoms with van der Waals surface area (Å²) >= 11 is 0. The van der Waals surface area contributed by atoms with Crippen LogP contribution in [-0.4, -0.2) is 24.1 Å². The number of amides is 2. The molecule has 0 saturated carbocycles. The van der Waals surface area contributed by atoms with Crippen molar-refractivity contribution < 1.29 is 18.0 Å². The molecule has 5 nitrogen and oxygen atoms in total. The molecule has 2 aromatic carbocycles. The van der Waals surface area contributed by atoms with Crippen molar-refractivity contribution in [1.82, 2.24) is 10.3 Å². The molecule has 0 atom stereocenters. The van der Waals surface area contributed by atoms with Gasteiger partial charge in [-0.2, -0.15) is 13.2 Å². The van der Waals surface area contributed by atoms with E-state index >= 15 is 0 Å². The van der Waals surface area contributed by atoms with Gasteiger partial charge in [0, 0.05) is 25.0 Å². The van der Waals surface area contributed by atoms with Gasteiger partial charge in [-0.3, -0.25) is 0 Å². The van der Waals surface area contributed by atoms with Gasteiger partial charge < -0.3 is 16.0 Å². The second-order valence-electron chi connectivity index (χ2n) is 5.77. The summed E-state index contributed by atoms with van der Waals surface area (Å²) in [5.41, 5.74) is -0.214. The van der Waals surface area contributed by atoms with Crippen LogP contribution in [0.5, 0.6) is 0 Å². The molecular weight excluding hydrogens is 357 g/mol. The quantitative estimate of drug-likeness (QED) is 0.577. The third kappa shape index (κ3) is 4.87. The maximum absolute atomic E-state index is 12.9. The molecule has 0 aliphatic rings. The fraction of sp³-hybridized carbons (Fsp3) is 0.158. The number of benzene rings is 2. The second kappa shape index (κ2) is 7.94. The van der Waals surface area contributed by atoms with Gasteiger partial charge in [-0.05, 0) is 35.0 Å². The Morgan fingerprint density at radius 2 is 1.74 bits per heavy atom. The molecule has 0 fully saturated rings. The molecule has 0 spiro atoms. The van der Waals surface area contributed by atoms with Crippen LogP contribution in [0.1, 0.15) is 5.56 Å². The average molecular weight is 374 g/mol. The minimum absolute atomic E-state index is 0.102. The first-order valence-corrected chi connectivity index (χ1v) is 8.23. The van der Waals surface area contributed by atoms with E-state index in [4.69, 9.17) is 0 Å². The first-order chi connectivity index (χ1) is 12.9. The fourth-order valence-electron chi connectivity index (χ4n) is 2.57. The normalized spacial score (nSPS) is 11.2. The van der Waals surface area contributed by atoms with Crippen LogP contribution in [0, 0.1) is 0 Å². The third-order valence-electron chi connectivity index (χ3n) is 3.82. The molecule has 27 heavy (non-hydrogen) atoms. The van der Waals surface area contributed by atoms with Crippen LogP contribution in [-0.2, 0) is 6.18 Å². The fourth-order valence-corrected chi connectivity index (χ4v) is 2.57. The van der Waals surface area contributed by atoms with Gasteiger partial charge in [0.05, 0.1) is 5.56 Å². The van der Waals surface area contributed by atoms with E-state index in [-0.39, 0.29) is 18.9 Å². The summed E-state index contributed by atoms with van der Waals surface area (Å²) in [6.45, 7) is 0.235. The number of pyridine rings is 1. The Morgan fingerprint density at radius 3 is 2.52 bits per heavy atom. The monoisotopic (exact) mass is 374 g/mol. The van der Waals surface area contributed by atoms with Crippen molar-refractivity contribution in [2.45, 2.75) is 6.18 Å². The Morgan fingerprint density at radius 1 is 0.963 bits per heavy atom. The highest BCUT2D eigenvalue weighted by Gasteiger charge is 2.33. The van der Waals surface area contributed by atoms with Crippen molar-refractivity contribution >= 4 is 28.3 Å². The lowest BCUT2D eigenvalue weighted by Crippen LogP contribution is -2.33. The zero-order valence-corrected chi connectivity index (χ0v) is 14.2. The highest BCUT2D eigenvalue weighted by molar-refractivity contribution is 5.93. The van der Waals surface area contributed by atoms with E-state index < -0.39 is 17.8 Å². The predicted octanol–water partition coefficient (Wildman–Crippen LogP) is 4.49. The summed E-state index contributed by atoms with van der Waals surface area (Å²) in [6.07, 6.45) is -3.21. The van der Waals surface area contributed by atoms with E-state index in [1.165, 1.54) is 12.3 Å². The van der Waals surface area contributed by atoms with Crippen molar-refractivity contribution in [2.24, 2.45) is 0 Å². The van der Waals surface area contributed by atoms with Crippen LogP contribution in [0.2, 0.25) is 0 Å². The second-order valence-corrected chi connectivity index (χ2v) is 5.77. The number of aromatic nitrogens is 1. The van der Waals surface area contributed by atoms with Gasteiger partial charge in [0.25, 0.3) is 0 Å². The largest absolute Gasteiger partial charge is 0.419 e. The number of halogens is 3. The predicted molar refractivity (Wildman–Crippen MR) is 98.7 cm³/mol. The number of rotatable bonds is 5. The van der Waals surface area contributed by atoms with Crippen molar-refractivity contribution in [3.05, 3.63) is 66.4 Å².